The Labute approximate surface area is 174 Å². The number of furan rings is 1. The summed E-state index contributed by atoms with van der Waals surface area (Å²) < 4.78 is 5.94. The van der Waals surface area contributed by atoms with E-state index in [4.69, 9.17) is 4.42 Å². The maximum absolute atomic E-state index is 5.94. The Balaban J connectivity index is 1.40. The van der Waals surface area contributed by atoms with Crippen LogP contribution in [0.25, 0.3) is 49.4 Å². The Bertz CT molecular complexity index is 1530. The predicted molar refractivity (Wildman–Crippen MR) is 128 cm³/mol. The first-order valence-electron chi connectivity index (χ1n) is 10.3. The Hall–Kier alpha value is -3.84. The van der Waals surface area contributed by atoms with E-state index < -0.39 is 0 Å². The number of fused-ring (bicyclic) bond motifs is 5. The van der Waals surface area contributed by atoms with Crippen LogP contribution in [-0.2, 0) is 6.42 Å². The fourth-order valence-corrected chi connectivity index (χ4v) is 4.39. The molecule has 1 nitrogen and oxygen atoms in total. The van der Waals surface area contributed by atoms with Gasteiger partial charge < -0.3 is 4.42 Å². The third-order valence-electron chi connectivity index (χ3n) is 5.87. The molecule has 6 aromatic rings. The molecule has 6 rings (SSSR count). The normalized spacial score (nSPS) is 12.0. The maximum Gasteiger partial charge on any atom is 0.134 e. The molecule has 0 unspecified atom stereocenters. The van der Waals surface area contributed by atoms with Gasteiger partial charge in [0.2, 0.25) is 0 Å². The lowest BCUT2D eigenvalue weighted by Gasteiger charge is -2.08. The SMILES string of the molecule is C(=C\c1cccc2c1ccc1cc3ccccc3cc12)/Cc1cc2ccccc2o1. The molecule has 0 N–H and O–H groups in total. The van der Waals surface area contributed by atoms with Gasteiger partial charge in [-0.15, -0.1) is 0 Å². The van der Waals surface area contributed by atoms with Crippen LogP contribution in [0.15, 0.2) is 108 Å². The molecule has 0 bridgehead atoms. The molecule has 0 spiro atoms. The molecule has 0 radical (unpaired) electrons. The number of rotatable bonds is 3. The van der Waals surface area contributed by atoms with E-state index >= 15 is 0 Å². The van der Waals surface area contributed by atoms with Gasteiger partial charge in [0.05, 0.1) is 0 Å². The molecule has 0 saturated carbocycles. The van der Waals surface area contributed by atoms with Crippen molar-refractivity contribution in [3.8, 4) is 0 Å². The molecule has 1 heterocycles. The van der Waals surface area contributed by atoms with E-state index in [0.717, 1.165) is 23.2 Å². The van der Waals surface area contributed by atoms with Crippen molar-refractivity contribution >= 4 is 49.4 Å². The van der Waals surface area contributed by atoms with E-state index in [0.29, 0.717) is 0 Å². The van der Waals surface area contributed by atoms with Gasteiger partial charge in [-0.3, -0.25) is 0 Å². The molecule has 30 heavy (non-hydrogen) atoms. The van der Waals surface area contributed by atoms with Gasteiger partial charge in [-0.05, 0) is 62.1 Å². The minimum Gasteiger partial charge on any atom is -0.461 e. The molecule has 1 heteroatoms. The number of hydrogen-bond donors (Lipinski definition) is 0. The summed E-state index contributed by atoms with van der Waals surface area (Å²) >= 11 is 0. The highest BCUT2D eigenvalue weighted by molar-refractivity contribution is 6.13. The van der Waals surface area contributed by atoms with E-state index in [9.17, 15) is 0 Å². The average molecular weight is 384 g/mol. The minimum atomic E-state index is 0.781. The number of benzene rings is 5. The highest BCUT2D eigenvalue weighted by atomic mass is 16.3. The molecular weight excluding hydrogens is 364 g/mol. The van der Waals surface area contributed by atoms with Crippen LogP contribution in [0.2, 0.25) is 0 Å². The first-order valence-corrected chi connectivity index (χ1v) is 10.3. The van der Waals surface area contributed by atoms with Crippen LogP contribution in [0.3, 0.4) is 0 Å². The molecule has 1 aromatic heterocycles. The second kappa shape index (κ2) is 6.89. The molecule has 0 aliphatic carbocycles. The summed E-state index contributed by atoms with van der Waals surface area (Å²) in [5, 5.41) is 8.88. The van der Waals surface area contributed by atoms with Crippen LogP contribution in [-0.4, -0.2) is 0 Å². The highest BCUT2D eigenvalue weighted by Crippen LogP contribution is 2.31. The third-order valence-corrected chi connectivity index (χ3v) is 5.87. The van der Waals surface area contributed by atoms with Gasteiger partial charge >= 0.3 is 0 Å². The number of hydrogen-bond acceptors (Lipinski definition) is 1. The largest absolute Gasteiger partial charge is 0.461 e. The lowest BCUT2D eigenvalue weighted by molar-refractivity contribution is 0.565. The molecule has 5 aromatic carbocycles. The lowest BCUT2D eigenvalue weighted by Crippen LogP contribution is -1.83. The second-order valence-corrected chi connectivity index (χ2v) is 7.79. The fourth-order valence-electron chi connectivity index (χ4n) is 4.39. The van der Waals surface area contributed by atoms with E-state index in [1.165, 1.54) is 37.9 Å². The summed E-state index contributed by atoms with van der Waals surface area (Å²) in [5.74, 6) is 0.990. The third kappa shape index (κ3) is 2.87. The second-order valence-electron chi connectivity index (χ2n) is 7.79. The van der Waals surface area contributed by atoms with Gasteiger partial charge in [0.25, 0.3) is 0 Å². The van der Waals surface area contributed by atoms with Gasteiger partial charge in [0.1, 0.15) is 11.3 Å². The molecule has 142 valence electrons. The summed E-state index contributed by atoms with van der Waals surface area (Å²) in [6, 6.07) is 34.5. The zero-order valence-corrected chi connectivity index (χ0v) is 16.5. The van der Waals surface area contributed by atoms with Gasteiger partial charge in [-0.2, -0.15) is 0 Å². The first kappa shape index (κ1) is 17.1. The minimum absolute atomic E-state index is 0.781. The predicted octanol–water partition coefficient (Wildman–Crippen LogP) is 8.15. The molecular formula is C29H20O. The molecule has 0 saturated heterocycles. The maximum atomic E-state index is 5.94. The Morgan fingerprint density at radius 3 is 2.23 bits per heavy atom. The Morgan fingerprint density at radius 1 is 0.567 bits per heavy atom. The van der Waals surface area contributed by atoms with Crippen molar-refractivity contribution in [2.45, 2.75) is 6.42 Å². The number of allylic oxidation sites excluding steroid dienone is 1. The van der Waals surface area contributed by atoms with E-state index in [1.54, 1.807) is 0 Å². The summed E-state index contributed by atoms with van der Waals surface area (Å²) in [6.07, 6.45) is 5.18. The van der Waals surface area contributed by atoms with Crippen LogP contribution >= 0.6 is 0 Å². The zero-order chi connectivity index (χ0) is 19.9. The first-order chi connectivity index (χ1) is 14.8. The molecule has 0 amide bonds. The smallest absolute Gasteiger partial charge is 0.134 e. The summed E-state index contributed by atoms with van der Waals surface area (Å²) in [4.78, 5) is 0. The lowest BCUT2D eigenvalue weighted by atomic mass is 9.96. The topological polar surface area (TPSA) is 13.1 Å². The fraction of sp³-hybridized carbons (Fsp3) is 0.0345. The van der Waals surface area contributed by atoms with E-state index in [-0.39, 0.29) is 0 Å². The Morgan fingerprint density at radius 2 is 1.37 bits per heavy atom. The van der Waals surface area contributed by atoms with Gasteiger partial charge in [-0.1, -0.05) is 84.9 Å². The molecule has 0 aliphatic heterocycles. The van der Waals surface area contributed by atoms with Crippen molar-refractivity contribution in [2.75, 3.05) is 0 Å². The van der Waals surface area contributed by atoms with Crippen molar-refractivity contribution in [3.63, 3.8) is 0 Å². The van der Waals surface area contributed by atoms with E-state index in [2.05, 4.69) is 91.0 Å². The van der Waals surface area contributed by atoms with Gasteiger partial charge in [0.15, 0.2) is 0 Å². The molecule has 0 fully saturated rings. The van der Waals surface area contributed by atoms with Crippen LogP contribution in [0.1, 0.15) is 11.3 Å². The van der Waals surface area contributed by atoms with Crippen LogP contribution in [0, 0.1) is 0 Å². The van der Waals surface area contributed by atoms with Crippen molar-refractivity contribution in [2.24, 2.45) is 0 Å². The molecule has 0 aliphatic rings. The Kier molecular flexibility index (Phi) is 3.92. The van der Waals surface area contributed by atoms with Crippen molar-refractivity contribution in [1.29, 1.82) is 0 Å². The van der Waals surface area contributed by atoms with Gasteiger partial charge in [0, 0.05) is 11.8 Å². The van der Waals surface area contributed by atoms with Crippen LogP contribution < -0.4 is 0 Å². The van der Waals surface area contributed by atoms with Crippen LogP contribution in [0.5, 0.6) is 0 Å². The highest BCUT2D eigenvalue weighted by Gasteiger charge is 2.05. The summed E-state index contributed by atoms with van der Waals surface area (Å²) in [6.45, 7) is 0. The van der Waals surface area contributed by atoms with Crippen molar-refractivity contribution < 1.29 is 4.42 Å². The standard InChI is InChI=1S/C29H20O/c1-2-8-22-19-28-23(17-21(22)7-1)15-16-26-20(11-6-13-27(26)28)10-5-12-25-18-24-9-3-4-14-29(24)30-25/h1-11,13-19H,12H2/b10-5+. The van der Waals surface area contributed by atoms with E-state index in [1.807, 2.05) is 18.2 Å². The quantitative estimate of drug-likeness (QED) is 0.222. The van der Waals surface area contributed by atoms with Crippen molar-refractivity contribution in [3.05, 3.63) is 114 Å². The zero-order valence-electron chi connectivity index (χ0n) is 16.5. The summed E-state index contributed by atoms with van der Waals surface area (Å²) in [5.41, 5.74) is 2.18. The van der Waals surface area contributed by atoms with Crippen LogP contribution in [0.4, 0.5) is 0 Å². The van der Waals surface area contributed by atoms with Crippen molar-refractivity contribution in [1.82, 2.24) is 0 Å². The van der Waals surface area contributed by atoms with Gasteiger partial charge in [-0.25, -0.2) is 0 Å². The average Bonchev–Trinajstić information content (AvgIpc) is 3.20. The number of para-hydroxylation sites is 1. The molecule has 0 atom stereocenters. The summed E-state index contributed by atoms with van der Waals surface area (Å²) in [7, 11) is 0. The monoisotopic (exact) mass is 384 g/mol.